The Labute approximate surface area is 116 Å². The van der Waals surface area contributed by atoms with Crippen molar-refractivity contribution >= 4 is 21.4 Å². The van der Waals surface area contributed by atoms with Gasteiger partial charge in [-0.3, -0.25) is 4.79 Å². The molecule has 20 heavy (non-hydrogen) atoms. The van der Waals surface area contributed by atoms with Crippen molar-refractivity contribution in [2.24, 2.45) is 5.73 Å². The summed E-state index contributed by atoms with van der Waals surface area (Å²) in [5.41, 5.74) is 11.6. The van der Waals surface area contributed by atoms with Gasteiger partial charge in [0.1, 0.15) is 0 Å². The van der Waals surface area contributed by atoms with Crippen LogP contribution in [0.1, 0.15) is 15.9 Å². The van der Waals surface area contributed by atoms with Crippen LogP contribution in [0.4, 0.5) is 5.69 Å². The molecule has 0 bridgehead atoms. The van der Waals surface area contributed by atoms with E-state index in [2.05, 4.69) is 4.98 Å². The van der Waals surface area contributed by atoms with Crippen LogP contribution in [0.5, 0.6) is 0 Å². The number of anilines is 1. The van der Waals surface area contributed by atoms with Gasteiger partial charge in [0.2, 0.25) is 15.7 Å². The van der Waals surface area contributed by atoms with Crippen molar-refractivity contribution in [1.82, 2.24) is 4.98 Å². The minimum atomic E-state index is -3.67. The molecule has 0 unspecified atom stereocenters. The lowest BCUT2D eigenvalue weighted by molar-refractivity contribution is 0.1000. The molecule has 2 rings (SSSR count). The zero-order valence-electron chi connectivity index (χ0n) is 10.5. The number of benzene rings is 1. The highest BCUT2D eigenvalue weighted by molar-refractivity contribution is 7.90. The molecule has 0 spiro atoms. The van der Waals surface area contributed by atoms with Crippen LogP contribution in [0.15, 0.2) is 47.6 Å². The molecule has 0 saturated carbocycles. The number of nitrogens with zero attached hydrogens (tertiary/aromatic N) is 1. The molecule has 7 heteroatoms. The average Bonchev–Trinajstić information content (AvgIpc) is 2.38. The zero-order valence-corrected chi connectivity index (χ0v) is 11.3. The minimum Gasteiger partial charge on any atom is -0.396 e. The number of aromatic nitrogens is 1. The third-order valence-corrected chi connectivity index (χ3v) is 4.31. The fraction of sp³-hybridized carbons (Fsp3) is 0.0769. The smallest absolute Gasteiger partial charge is 0.248 e. The lowest BCUT2D eigenvalue weighted by Gasteiger charge is -2.07. The molecule has 0 aliphatic rings. The third kappa shape index (κ3) is 2.94. The Kier molecular flexibility index (Phi) is 3.71. The van der Waals surface area contributed by atoms with Crippen molar-refractivity contribution < 1.29 is 13.2 Å². The molecular formula is C13H13N3O3S. The Hall–Kier alpha value is -2.41. The average molecular weight is 291 g/mol. The van der Waals surface area contributed by atoms with Gasteiger partial charge in [-0.15, -0.1) is 0 Å². The van der Waals surface area contributed by atoms with Gasteiger partial charge < -0.3 is 11.5 Å². The first kappa shape index (κ1) is 14.0. The molecule has 0 fully saturated rings. The molecule has 4 N–H and O–H groups in total. The molecule has 6 nitrogen and oxygen atoms in total. The highest BCUT2D eigenvalue weighted by Crippen LogP contribution is 2.20. The SMILES string of the molecule is NC(=O)c1cccc(CS(=O)(=O)c2ncccc2N)c1. The molecule has 1 aromatic carbocycles. The fourth-order valence-corrected chi connectivity index (χ4v) is 3.17. The lowest BCUT2D eigenvalue weighted by atomic mass is 10.1. The van der Waals surface area contributed by atoms with Crippen LogP contribution in [0.25, 0.3) is 0 Å². The Bertz CT molecular complexity index is 757. The van der Waals surface area contributed by atoms with E-state index >= 15 is 0 Å². The first-order valence-electron chi connectivity index (χ1n) is 5.72. The summed E-state index contributed by atoms with van der Waals surface area (Å²) in [6.45, 7) is 0. The molecule has 1 aromatic heterocycles. The summed E-state index contributed by atoms with van der Waals surface area (Å²) >= 11 is 0. The highest BCUT2D eigenvalue weighted by atomic mass is 32.2. The second kappa shape index (κ2) is 5.30. The number of amides is 1. The Balaban J connectivity index is 2.36. The molecule has 0 aliphatic carbocycles. The van der Waals surface area contributed by atoms with Gasteiger partial charge in [-0.25, -0.2) is 13.4 Å². The Morgan fingerprint density at radius 2 is 1.95 bits per heavy atom. The van der Waals surface area contributed by atoms with Gasteiger partial charge in [-0.1, -0.05) is 12.1 Å². The van der Waals surface area contributed by atoms with Crippen LogP contribution in [0.2, 0.25) is 0 Å². The lowest BCUT2D eigenvalue weighted by Crippen LogP contribution is -2.13. The summed E-state index contributed by atoms with van der Waals surface area (Å²) in [5, 5.41) is -0.163. The molecule has 0 aliphatic heterocycles. The minimum absolute atomic E-state index is 0.0959. The van der Waals surface area contributed by atoms with E-state index in [9.17, 15) is 13.2 Å². The quantitative estimate of drug-likeness (QED) is 0.861. The molecule has 1 heterocycles. The van der Waals surface area contributed by atoms with E-state index in [1.165, 1.54) is 24.4 Å². The number of sulfone groups is 1. The molecule has 104 valence electrons. The van der Waals surface area contributed by atoms with E-state index in [0.717, 1.165) is 0 Å². The van der Waals surface area contributed by atoms with Gasteiger partial charge in [-0.2, -0.15) is 0 Å². The number of carbonyl (C=O) groups excluding carboxylic acids is 1. The number of pyridine rings is 1. The van der Waals surface area contributed by atoms with E-state index in [0.29, 0.717) is 5.56 Å². The molecule has 0 radical (unpaired) electrons. The summed E-state index contributed by atoms with van der Waals surface area (Å²) in [7, 11) is -3.67. The van der Waals surface area contributed by atoms with Gasteiger partial charge in [0, 0.05) is 11.8 Å². The van der Waals surface area contributed by atoms with Crippen LogP contribution in [0, 0.1) is 0 Å². The maximum atomic E-state index is 12.2. The van der Waals surface area contributed by atoms with E-state index in [4.69, 9.17) is 11.5 Å². The molecule has 0 saturated heterocycles. The normalized spacial score (nSPS) is 11.2. The summed E-state index contributed by atoms with van der Waals surface area (Å²) in [4.78, 5) is 14.9. The van der Waals surface area contributed by atoms with Crippen molar-refractivity contribution in [3.8, 4) is 0 Å². The van der Waals surface area contributed by atoms with Crippen LogP contribution in [-0.2, 0) is 15.6 Å². The van der Waals surface area contributed by atoms with Crippen molar-refractivity contribution in [2.75, 3.05) is 5.73 Å². The predicted molar refractivity (Wildman–Crippen MR) is 74.5 cm³/mol. The Morgan fingerprint density at radius 3 is 2.60 bits per heavy atom. The first-order chi connectivity index (χ1) is 9.40. The third-order valence-electron chi connectivity index (χ3n) is 2.66. The maximum Gasteiger partial charge on any atom is 0.248 e. The number of hydrogen-bond donors (Lipinski definition) is 2. The number of primary amides is 1. The standard InChI is InChI=1S/C13H13N3O3S/c14-11-5-2-6-16-13(11)20(18,19)8-9-3-1-4-10(7-9)12(15)17/h1-7H,8,14H2,(H2,15,17). The van der Waals surface area contributed by atoms with Gasteiger partial charge in [0.25, 0.3) is 0 Å². The summed E-state index contributed by atoms with van der Waals surface area (Å²) in [5.74, 6) is -0.906. The van der Waals surface area contributed by atoms with E-state index in [-0.39, 0.29) is 22.0 Å². The van der Waals surface area contributed by atoms with Crippen molar-refractivity contribution in [3.63, 3.8) is 0 Å². The monoisotopic (exact) mass is 291 g/mol. The predicted octanol–water partition coefficient (Wildman–Crippen LogP) is 0.737. The van der Waals surface area contributed by atoms with E-state index in [1.54, 1.807) is 18.2 Å². The maximum absolute atomic E-state index is 12.2. The van der Waals surface area contributed by atoms with Crippen molar-refractivity contribution in [1.29, 1.82) is 0 Å². The number of hydrogen-bond acceptors (Lipinski definition) is 5. The van der Waals surface area contributed by atoms with Crippen LogP contribution < -0.4 is 11.5 Å². The summed E-state index contributed by atoms with van der Waals surface area (Å²) in [6.07, 6.45) is 1.36. The highest BCUT2D eigenvalue weighted by Gasteiger charge is 2.20. The molecule has 1 amide bonds. The van der Waals surface area contributed by atoms with Gasteiger partial charge in [-0.05, 0) is 29.8 Å². The molecule has 2 aromatic rings. The van der Waals surface area contributed by atoms with E-state index in [1.807, 2.05) is 0 Å². The molecule has 0 atom stereocenters. The van der Waals surface area contributed by atoms with Crippen molar-refractivity contribution in [3.05, 3.63) is 53.7 Å². The summed E-state index contributed by atoms with van der Waals surface area (Å²) in [6, 6.07) is 9.17. The second-order valence-electron chi connectivity index (χ2n) is 4.22. The van der Waals surface area contributed by atoms with Gasteiger partial charge >= 0.3 is 0 Å². The van der Waals surface area contributed by atoms with E-state index < -0.39 is 15.7 Å². The van der Waals surface area contributed by atoms with Crippen LogP contribution in [0.3, 0.4) is 0 Å². The summed E-state index contributed by atoms with van der Waals surface area (Å²) < 4.78 is 24.5. The second-order valence-corrected chi connectivity index (χ2v) is 6.13. The Morgan fingerprint density at radius 1 is 1.20 bits per heavy atom. The zero-order chi connectivity index (χ0) is 14.8. The van der Waals surface area contributed by atoms with Gasteiger partial charge in [0.15, 0.2) is 5.03 Å². The fourth-order valence-electron chi connectivity index (χ4n) is 1.77. The van der Waals surface area contributed by atoms with Crippen LogP contribution >= 0.6 is 0 Å². The van der Waals surface area contributed by atoms with Gasteiger partial charge in [0.05, 0.1) is 11.4 Å². The molecular weight excluding hydrogens is 278 g/mol. The number of carbonyl (C=O) groups is 1. The number of rotatable bonds is 4. The topological polar surface area (TPSA) is 116 Å². The van der Waals surface area contributed by atoms with Crippen LogP contribution in [-0.4, -0.2) is 19.3 Å². The first-order valence-corrected chi connectivity index (χ1v) is 7.37. The number of nitrogen functional groups attached to an aromatic ring is 1. The number of nitrogens with two attached hydrogens (primary N) is 2. The van der Waals surface area contributed by atoms with Crippen molar-refractivity contribution in [2.45, 2.75) is 10.8 Å². The largest absolute Gasteiger partial charge is 0.396 e.